The number of amides is 1. The van der Waals surface area contributed by atoms with E-state index in [1.54, 1.807) is 13.8 Å². The van der Waals surface area contributed by atoms with Gasteiger partial charge < -0.3 is 14.6 Å². The molecule has 6 heteroatoms. The maximum absolute atomic E-state index is 12.7. The number of carbonyl (C=O) groups excluding carboxylic acids is 2. The van der Waals surface area contributed by atoms with Crippen molar-refractivity contribution in [1.29, 1.82) is 0 Å². The Morgan fingerprint density at radius 2 is 1.90 bits per heavy atom. The van der Waals surface area contributed by atoms with E-state index >= 15 is 0 Å². The van der Waals surface area contributed by atoms with Gasteiger partial charge in [-0.1, -0.05) is 27.7 Å². The summed E-state index contributed by atoms with van der Waals surface area (Å²) < 4.78 is 10.8. The van der Waals surface area contributed by atoms with Gasteiger partial charge >= 0.3 is 5.97 Å². The molecule has 2 fully saturated rings. The Labute approximate surface area is 125 Å². The van der Waals surface area contributed by atoms with Crippen LogP contribution in [-0.2, 0) is 19.1 Å². The van der Waals surface area contributed by atoms with Gasteiger partial charge in [-0.15, -0.1) is 0 Å². The van der Waals surface area contributed by atoms with E-state index in [0.717, 1.165) is 0 Å². The SMILES string of the molecule is COC(=O)[C@]12[C@@H](C)O[C@H](C(C)(C)C)N1C(=O)[C@H](C)[C@@]2(C)O. The number of aliphatic hydroxyl groups is 1. The first-order chi connectivity index (χ1) is 9.43. The molecule has 0 saturated carbocycles. The molecule has 120 valence electrons. The van der Waals surface area contributed by atoms with Gasteiger partial charge in [-0.2, -0.15) is 0 Å². The lowest BCUT2D eigenvalue weighted by atomic mass is 9.74. The highest BCUT2D eigenvalue weighted by Crippen LogP contribution is 2.54. The molecule has 0 spiro atoms. The topological polar surface area (TPSA) is 76.1 Å². The molecule has 1 N–H and O–H groups in total. The van der Waals surface area contributed by atoms with Crippen LogP contribution < -0.4 is 0 Å². The van der Waals surface area contributed by atoms with E-state index in [9.17, 15) is 14.7 Å². The minimum atomic E-state index is -1.56. The summed E-state index contributed by atoms with van der Waals surface area (Å²) in [6.45, 7) is 10.7. The van der Waals surface area contributed by atoms with Crippen molar-refractivity contribution in [2.75, 3.05) is 7.11 Å². The first kappa shape index (κ1) is 16.2. The van der Waals surface area contributed by atoms with Gasteiger partial charge in [0.05, 0.1) is 19.1 Å². The zero-order valence-corrected chi connectivity index (χ0v) is 13.8. The molecular formula is C15H25NO5. The molecule has 0 bridgehead atoms. The fourth-order valence-electron chi connectivity index (χ4n) is 3.68. The van der Waals surface area contributed by atoms with Gasteiger partial charge in [0.2, 0.25) is 5.91 Å². The van der Waals surface area contributed by atoms with Crippen LogP contribution in [0.1, 0.15) is 41.5 Å². The fraction of sp³-hybridized carbons (Fsp3) is 0.867. The van der Waals surface area contributed by atoms with Crippen LogP contribution >= 0.6 is 0 Å². The van der Waals surface area contributed by atoms with E-state index in [-0.39, 0.29) is 11.3 Å². The van der Waals surface area contributed by atoms with Crippen LogP contribution in [0.25, 0.3) is 0 Å². The van der Waals surface area contributed by atoms with Gasteiger partial charge in [0, 0.05) is 5.41 Å². The summed E-state index contributed by atoms with van der Waals surface area (Å²) in [5, 5.41) is 11.0. The summed E-state index contributed by atoms with van der Waals surface area (Å²) >= 11 is 0. The van der Waals surface area contributed by atoms with E-state index in [1.165, 1.54) is 18.9 Å². The Kier molecular flexibility index (Phi) is 3.42. The Morgan fingerprint density at radius 3 is 2.33 bits per heavy atom. The van der Waals surface area contributed by atoms with Crippen molar-refractivity contribution in [2.24, 2.45) is 11.3 Å². The number of ether oxygens (including phenoxy) is 2. The predicted octanol–water partition coefficient (Wildman–Crippen LogP) is 0.918. The number of rotatable bonds is 1. The fourth-order valence-corrected chi connectivity index (χ4v) is 3.68. The molecule has 0 aromatic heterocycles. The van der Waals surface area contributed by atoms with Crippen molar-refractivity contribution >= 4 is 11.9 Å². The third-order valence-corrected chi connectivity index (χ3v) is 5.00. The first-order valence-corrected chi connectivity index (χ1v) is 7.23. The van der Waals surface area contributed by atoms with Gasteiger partial charge in [0.15, 0.2) is 5.54 Å². The Balaban J connectivity index is 2.69. The molecule has 0 radical (unpaired) electrons. The molecule has 2 saturated heterocycles. The number of carbonyl (C=O) groups is 2. The third kappa shape index (κ3) is 1.72. The van der Waals surface area contributed by atoms with E-state index < -0.39 is 35.4 Å². The molecule has 6 nitrogen and oxygen atoms in total. The highest BCUT2D eigenvalue weighted by atomic mass is 16.6. The predicted molar refractivity (Wildman–Crippen MR) is 75.2 cm³/mol. The molecule has 0 unspecified atom stereocenters. The minimum Gasteiger partial charge on any atom is -0.467 e. The zero-order valence-electron chi connectivity index (χ0n) is 13.8. The summed E-state index contributed by atoms with van der Waals surface area (Å²) in [5.74, 6) is -1.62. The van der Waals surface area contributed by atoms with Crippen LogP contribution in [0.15, 0.2) is 0 Å². The lowest BCUT2D eigenvalue weighted by Gasteiger charge is -2.41. The molecule has 2 aliphatic rings. The van der Waals surface area contributed by atoms with Crippen molar-refractivity contribution in [3.63, 3.8) is 0 Å². The summed E-state index contributed by atoms with van der Waals surface area (Å²) in [6, 6.07) is 0. The molecule has 0 aromatic rings. The smallest absolute Gasteiger partial charge is 0.337 e. The maximum atomic E-state index is 12.7. The largest absolute Gasteiger partial charge is 0.467 e. The molecule has 2 rings (SSSR count). The second-order valence-electron chi connectivity index (χ2n) is 7.33. The number of hydrogen-bond acceptors (Lipinski definition) is 5. The average Bonchev–Trinajstić information content (AvgIpc) is 2.77. The molecule has 0 aliphatic carbocycles. The van der Waals surface area contributed by atoms with Gasteiger partial charge in [-0.05, 0) is 13.8 Å². The lowest BCUT2D eigenvalue weighted by molar-refractivity contribution is -0.170. The third-order valence-electron chi connectivity index (χ3n) is 5.00. The molecule has 0 aromatic carbocycles. The zero-order chi connectivity index (χ0) is 16.4. The number of nitrogens with zero attached hydrogens (tertiary/aromatic N) is 1. The quantitative estimate of drug-likeness (QED) is 0.729. The number of hydrogen-bond donors (Lipinski definition) is 1. The molecule has 5 atom stereocenters. The van der Waals surface area contributed by atoms with Crippen LogP contribution in [0.3, 0.4) is 0 Å². The monoisotopic (exact) mass is 299 g/mol. The number of fused-ring (bicyclic) bond motifs is 1. The Bertz CT molecular complexity index is 481. The standard InChI is InChI=1S/C15H25NO5/c1-8-10(17)16-11(13(3,4)5)21-9(2)15(16,12(18)20-7)14(8,6)19/h8-9,11,19H,1-7H3/t8-,9+,11+,14+,15-/m0/s1. The first-order valence-electron chi connectivity index (χ1n) is 7.23. The van der Waals surface area contributed by atoms with Crippen LogP contribution in [-0.4, -0.2) is 52.5 Å². The molecule has 2 aliphatic heterocycles. The highest BCUT2D eigenvalue weighted by molar-refractivity contribution is 5.97. The second-order valence-corrected chi connectivity index (χ2v) is 7.33. The van der Waals surface area contributed by atoms with Gasteiger partial charge in [0.25, 0.3) is 0 Å². The second kappa shape index (κ2) is 4.43. The van der Waals surface area contributed by atoms with E-state index in [2.05, 4.69) is 0 Å². The minimum absolute atomic E-state index is 0.283. The molecule has 2 heterocycles. The van der Waals surface area contributed by atoms with E-state index in [0.29, 0.717) is 0 Å². The average molecular weight is 299 g/mol. The van der Waals surface area contributed by atoms with Crippen LogP contribution in [0, 0.1) is 11.3 Å². The van der Waals surface area contributed by atoms with Crippen LogP contribution in [0.2, 0.25) is 0 Å². The van der Waals surface area contributed by atoms with Crippen LogP contribution in [0.4, 0.5) is 0 Å². The molecule has 1 amide bonds. The van der Waals surface area contributed by atoms with E-state index in [1.807, 2.05) is 20.8 Å². The van der Waals surface area contributed by atoms with Gasteiger partial charge in [-0.3, -0.25) is 9.69 Å². The van der Waals surface area contributed by atoms with E-state index in [4.69, 9.17) is 9.47 Å². The normalized spacial score (nSPS) is 43.1. The van der Waals surface area contributed by atoms with Crippen molar-refractivity contribution in [1.82, 2.24) is 4.90 Å². The number of esters is 1. The Morgan fingerprint density at radius 1 is 1.38 bits per heavy atom. The molecular weight excluding hydrogens is 274 g/mol. The highest BCUT2D eigenvalue weighted by Gasteiger charge is 2.77. The van der Waals surface area contributed by atoms with Crippen molar-refractivity contribution in [2.45, 2.75) is 65.0 Å². The number of methoxy groups -OCH3 is 1. The van der Waals surface area contributed by atoms with Crippen molar-refractivity contribution < 1.29 is 24.2 Å². The van der Waals surface area contributed by atoms with Gasteiger partial charge in [0.1, 0.15) is 11.8 Å². The lowest BCUT2D eigenvalue weighted by Crippen LogP contribution is -2.66. The maximum Gasteiger partial charge on any atom is 0.337 e. The Hall–Kier alpha value is -1.14. The summed E-state index contributed by atoms with van der Waals surface area (Å²) in [5.41, 5.74) is -3.45. The summed E-state index contributed by atoms with van der Waals surface area (Å²) in [6.07, 6.45) is -1.24. The van der Waals surface area contributed by atoms with Crippen molar-refractivity contribution in [3.8, 4) is 0 Å². The van der Waals surface area contributed by atoms with Gasteiger partial charge in [-0.25, -0.2) is 4.79 Å². The summed E-state index contributed by atoms with van der Waals surface area (Å²) in [7, 11) is 1.26. The van der Waals surface area contributed by atoms with Crippen molar-refractivity contribution in [3.05, 3.63) is 0 Å². The van der Waals surface area contributed by atoms with Crippen LogP contribution in [0.5, 0.6) is 0 Å². The molecule has 21 heavy (non-hydrogen) atoms. The summed E-state index contributed by atoms with van der Waals surface area (Å²) in [4.78, 5) is 26.7.